The highest BCUT2D eigenvalue weighted by molar-refractivity contribution is 7.90. The summed E-state index contributed by atoms with van der Waals surface area (Å²) < 4.78 is 103. The number of sulfone groups is 1. The number of fused-ring (bicyclic) bond motifs is 1. The zero-order valence-corrected chi connectivity index (χ0v) is 18.4. The molecule has 2 aromatic carbocycles. The third-order valence-electron chi connectivity index (χ3n) is 5.79. The Kier molecular flexibility index (Phi) is 5.89. The molecular formula is C20H17F6N3O5S. The summed E-state index contributed by atoms with van der Waals surface area (Å²) in [6.07, 6.45) is -11.4. The number of urea groups is 1. The van der Waals surface area contributed by atoms with Crippen LogP contribution in [0.15, 0.2) is 47.4 Å². The van der Waals surface area contributed by atoms with Gasteiger partial charge in [-0.05, 0) is 28.8 Å². The predicted octanol–water partition coefficient (Wildman–Crippen LogP) is 2.03. The number of aliphatic hydroxyl groups is 1. The van der Waals surface area contributed by atoms with E-state index in [-0.39, 0.29) is 21.6 Å². The fourth-order valence-corrected chi connectivity index (χ4v) is 4.79. The summed E-state index contributed by atoms with van der Waals surface area (Å²) in [5.74, 6) is -1.27. The van der Waals surface area contributed by atoms with Crippen LogP contribution < -0.4 is 11.5 Å². The number of benzene rings is 2. The van der Waals surface area contributed by atoms with E-state index < -0.39 is 57.4 Å². The second-order valence-electron chi connectivity index (χ2n) is 7.87. The Labute approximate surface area is 194 Å². The molecule has 1 unspecified atom stereocenters. The summed E-state index contributed by atoms with van der Waals surface area (Å²) in [7, 11) is -3.73. The first-order valence-electron chi connectivity index (χ1n) is 9.47. The molecule has 5 N–H and O–H groups in total. The molecule has 0 aliphatic carbocycles. The van der Waals surface area contributed by atoms with E-state index in [1.165, 1.54) is 0 Å². The second kappa shape index (κ2) is 7.84. The van der Waals surface area contributed by atoms with Crippen LogP contribution in [0.4, 0.5) is 31.1 Å². The summed E-state index contributed by atoms with van der Waals surface area (Å²) >= 11 is 0. The van der Waals surface area contributed by atoms with E-state index in [1.807, 2.05) is 0 Å². The SMILES string of the molecule is CS(=O)(=O)c1ccc2c(c1)CN(C(N)=O)C2(C(N)=O)c1ccc(C(O)(C(F)(F)F)C(F)(F)F)cc1. The first kappa shape index (κ1) is 26.3. The Hall–Kier alpha value is -3.33. The monoisotopic (exact) mass is 525 g/mol. The molecule has 1 aliphatic rings. The molecule has 1 heterocycles. The molecule has 35 heavy (non-hydrogen) atoms. The molecule has 190 valence electrons. The van der Waals surface area contributed by atoms with Gasteiger partial charge in [0.25, 0.3) is 11.5 Å². The molecule has 0 spiro atoms. The van der Waals surface area contributed by atoms with Gasteiger partial charge in [-0.1, -0.05) is 30.3 Å². The lowest BCUT2D eigenvalue weighted by Crippen LogP contribution is -2.56. The lowest BCUT2D eigenvalue weighted by Gasteiger charge is -2.37. The Morgan fingerprint density at radius 2 is 1.49 bits per heavy atom. The fourth-order valence-electron chi connectivity index (χ4n) is 4.12. The largest absolute Gasteiger partial charge is 0.430 e. The lowest BCUT2D eigenvalue weighted by atomic mass is 9.80. The number of carbonyl (C=O) groups is 2. The number of halogens is 6. The van der Waals surface area contributed by atoms with E-state index in [0.717, 1.165) is 24.5 Å². The van der Waals surface area contributed by atoms with Crippen molar-refractivity contribution >= 4 is 21.8 Å². The summed E-state index contributed by atoms with van der Waals surface area (Å²) in [4.78, 5) is 25.5. The Balaban J connectivity index is 2.29. The van der Waals surface area contributed by atoms with Crippen LogP contribution >= 0.6 is 0 Å². The van der Waals surface area contributed by atoms with Crippen LogP contribution in [0, 0.1) is 0 Å². The molecule has 1 atom stereocenters. The van der Waals surface area contributed by atoms with Gasteiger partial charge in [0.1, 0.15) is 0 Å². The van der Waals surface area contributed by atoms with Gasteiger partial charge in [0.15, 0.2) is 15.4 Å². The van der Waals surface area contributed by atoms with Gasteiger partial charge >= 0.3 is 18.4 Å². The van der Waals surface area contributed by atoms with Crippen LogP contribution in [0.25, 0.3) is 0 Å². The Bertz CT molecular complexity index is 1290. The van der Waals surface area contributed by atoms with E-state index in [2.05, 4.69) is 0 Å². The smallest absolute Gasteiger partial charge is 0.369 e. The number of hydrogen-bond donors (Lipinski definition) is 3. The summed E-state index contributed by atoms with van der Waals surface area (Å²) in [5, 5.41) is 9.61. The average Bonchev–Trinajstić information content (AvgIpc) is 3.07. The Morgan fingerprint density at radius 3 is 1.89 bits per heavy atom. The van der Waals surface area contributed by atoms with Crippen molar-refractivity contribution in [3.8, 4) is 0 Å². The predicted molar refractivity (Wildman–Crippen MR) is 107 cm³/mol. The van der Waals surface area contributed by atoms with Crippen molar-refractivity contribution in [2.45, 2.75) is 34.9 Å². The minimum Gasteiger partial charge on any atom is -0.369 e. The number of carbonyl (C=O) groups excluding carboxylic acids is 2. The van der Waals surface area contributed by atoms with Crippen LogP contribution in [0.1, 0.15) is 22.3 Å². The lowest BCUT2D eigenvalue weighted by molar-refractivity contribution is -0.376. The molecule has 1 aliphatic heterocycles. The van der Waals surface area contributed by atoms with Crippen molar-refractivity contribution in [1.82, 2.24) is 4.90 Å². The van der Waals surface area contributed by atoms with Crippen LogP contribution in [-0.4, -0.2) is 49.0 Å². The van der Waals surface area contributed by atoms with Crippen molar-refractivity contribution < 1.29 is 49.5 Å². The maximum absolute atomic E-state index is 13.2. The number of alkyl halides is 6. The van der Waals surface area contributed by atoms with E-state index in [9.17, 15) is 49.5 Å². The topological polar surface area (TPSA) is 144 Å². The maximum Gasteiger partial charge on any atom is 0.430 e. The number of hydrogen-bond acceptors (Lipinski definition) is 5. The highest BCUT2D eigenvalue weighted by atomic mass is 32.2. The zero-order valence-electron chi connectivity index (χ0n) is 17.6. The van der Waals surface area contributed by atoms with Crippen LogP contribution in [0.2, 0.25) is 0 Å². The molecule has 8 nitrogen and oxygen atoms in total. The summed E-state index contributed by atoms with van der Waals surface area (Å²) in [5.41, 5.74) is 1.57. The van der Waals surface area contributed by atoms with Crippen molar-refractivity contribution in [3.63, 3.8) is 0 Å². The van der Waals surface area contributed by atoms with Crippen LogP contribution in [-0.2, 0) is 32.3 Å². The number of nitrogens with two attached hydrogens (primary N) is 2. The molecule has 0 bridgehead atoms. The molecule has 15 heteroatoms. The van der Waals surface area contributed by atoms with E-state index in [4.69, 9.17) is 11.5 Å². The fraction of sp³-hybridized carbons (Fsp3) is 0.300. The third-order valence-corrected chi connectivity index (χ3v) is 6.90. The van der Waals surface area contributed by atoms with Gasteiger partial charge in [-0.25, -0.2) is 13.2 Å². The average molecular weight is 525 g/mol. The minimum absolute atomic E-state index is 0.0501. The first-order valence-corrected chi connectivity index (χ1v) is 11.4. The molecule has 3 rings (SSSR count). The van der Waals surface area contributed by atoms with Crippen molar-refractivity contribution in [2.75, 3.05) is 6.26 Å². The Morgan fingerprint density at radius 1 is 0.971 bits per heavy atom. The van der Waals surface area contributed by atoms with Gasteiger partial charge in [0.2, 0.25) is 0 Å². The number of amides is 3. The first-order chi connectivity index (χ1) is 15.8. The standard InChI is InChI=1S/C20H17F6N3O5S/c1-35(33,34)13-6-7-14-10(8-13)9-29(16(28)31)17(14,15(27)30)11-2-4-12(5-3-11)18(32,19(21,22)23)20(24,25)26/h2-8,32H,9H2,1H3,(H2,27,30)(H2,28,31). The summed E-state index contributed by atoms with van der Waals surface area (Å²) in [6.45, 7) is -0.437. The molecule has 3 amide bonds. The normalized spacial score (nSPS) is 18.9. The van der Waals surface area contributed by atoms with E-state index in [0.29, 0.717) is 29.2 Å². The van der Waals surface area contributed by atoms with Gasteiger partial charge in [0, 0.05) is 18.4 Å². The van der Waals surface area contributed by atoms with Crippen molar-refractivity contribution in [2.24, 2.45) is 11.5 Å². The van der Waals surface area contributed by atoms with E-state index in [1.54, 1.807) is 0 Å². The third kappa shape index (κ3) is 3.78. The number of rotatable bonds is 4. The van der Waals surface area contributed by atoms with Crippen molar-refractivity contribution in [1.29, 1.82) is 0 Å². The quantitative estimate of drug-likeness (QED) is 0.524. The molecule has 0 aromatic heterocycles. The maximum atomic E-state index is 13.2. The molecule has 0 radical (unpaired) electrons. The van der Waals surface area contributed by atoms with Gasteiger partial charge in [-0.15, -0.1) is 0 Å². The van der Waals surface area contributed by atoms with Gasteiger partial charge in [-0.3, -0.25) is 9.69 Å². The zero-order chi connectivity index (χ0) is 26.8. The second-order valence-corrected chi connectivity index (χ2v) is 9.89. The van der Waals surface area contributed by atoms with Crippen LogP contribution in [0.3, 0.4) is 0 Å². The van der Waals surface area contributed by atoms with Gasteiger partial charge < -0.3 is 16.6 Å². The highest BCUT2D eigenvalue weighted by Crippen LogP contribution is 2.51. The van der Waals surface area contributed by atoms with Crippen LogP contribution in [0.5, 0.6) is 0 Å². The number of nitrogens with zero attached hydrogens (tertiary/aromatic N) is 1. The number of primary amides is 2. The van der Waals surface area contributed by atoms with Gasteiger partial charge in [0.05, 0.1) is 4.90 Å². The molecule has 2 aromatic rings. The van der Waals surface area contributed by atoms with Crippen molar-refractivity contribution in [3.05, 3.63) is 64.7 Å². The van der Waals surface area contributed by atoms with Gasteiger partial charge in [-0.2, -0.15) is 26.3 Å². The molecule has 0 fully saturated rings. The molecular weight excluding hydrogens is 508 g/mol. The van der Waals surface area contributed by atoms with E-state index >= 15 is 0 Å². The highest BCUT2D eigenvalue weighted by Gasteiger charge is 2.71. The molecule has 0 saturated heterocycles. The molecule has 0 saturated carbocycles. The summed E-state index contributed by atoms with van der Waals surface area (Å²) in [6, 6.07) is 4.08. The minimum atomic E-state index is -6.14.